The van der Waals surface area contributed by atoms with Crippen molar-refractivity contribution in [3.8, 4) is 28.7 Å². The fraction of sp³-hybridized carbons (Fsp3) is 0.455. The highest BCUT2D eigenvalue weighted by Gasteiger charge is 2.28. The summed E-state index contributed by atoms with van der Waals surface area (Å²) in [7, 11) is 5.76. The van der Waals surface area contributed by atoms with E-state index in [0.717, 1.165) is 0 Å². The molecule has 0 aliphatic heterocycles. The first kappa shape index (κ1) is 24.5. The molecule has 9 nitrogen and oxygen atoms in total. The average molecular weight is 438 g/mol. The molecule has 3 atom stereocenters. The van der Waals surface area contributed by atoms with Gasteiger partial charge in [0, 0.05) is 13.5 Å². The molecule has 31 heavy (non-hydrogen) atoms. The van der Waals surface area contributed by atoms with Crippen LogP contribution < -0.4 is 14.2 Å². The Morgan fingerprint density at radius 3 is 1.90 bits per heavy atom. The van der Waals surface area contributed by atoms with Crippen molar-refractivity contribution in [3.05, 3.63) is 41.5 Å². The molecule has 0 amide bonds. The van der Waals surface area contributed by atoms with Gasteiger partial charge in [0.2, 0.25) is 5.75 Å². The smallest absolute Gasteiger partial charge is 0.200 e. The number of hydrogen-bond donors (Lipinski definition) is 4. The Bertz CT molecular complexity index is 815. The minimum Gasteiger partial charge on any atom is -0.504 e. The number of aromatic hydroxyl groups is 2. The highest BCUT2D eigenvalue weighted by Crippen LogP contribution is 2.38. The molecule has 0 radical (unpaired) electrons. The second-order valence-corrected chi connectivity index (χ2v) is 6.80. The molecule has 0 aromatic heterocycles. The number of ether oxygens (including phenoxy) is 5. The molecule has 0 heterocycles. The lowest BCUT2D eigenvalue weighted by Gasteiger charge is -2.29. The second kappa shape index (κ2) is 11.6. The van der Waals surface area contributed by atoms with Crippen molar-refractivity contribution in [3.63, 3.8) is 0 Å². The maximum absolute atomic E-state index is 10.1. The van der Waals surface area contributed by atoms with Gasteiger partial charge in [-0.3, -0.25) is 0 Å². The standard InChI is InChI=1S/C22H30O9/c1-27-17-10-14(5-6-16(17)25)22(30-4)20(12-24)31-15(11-23)7-13-8-18(28-2)21(26)19(9-13)29-3/h5-6,8-10,15,20,22-26H,7,11-12H2,1-4H3/t15-,20-,22-/m0/s1. The Morgan fingerprint density at radius 1 is 0.806 bits per heavy atom. The third-order valence-corrected chi connectivity index (χ3v) is 4.88. The topological polar surface area (TPSA) is 127 Å². The average Bonchev–Trinajstić information content (AvgIpc) is 2.79. The molecule has 0 fully saturated rings. The predicted molar refractivity (Wildman–Crippen MR) is 112 cm³/mol. The van der Waals surface area contributed by atoms with Crippen molar-refractivity contribution < 1.29 is 44.1 Å². The SMILES string of the molecule is COc1cc([C@H](OC)[C@H](CO)O[C@H](CO)Cc2cc(OC)c(O)c(OC)c2)ccc1O. The van der Waals surface area contributed by atoms with Crippen LogP contribution in [-0.2, 0) is 15.9 Å². The first-order chi connectivity index (χ1) is 14.9. The summed E-state index contributed by atoms with van der Waals surface area (Å²) in [6.45, 7) is -0.697. The zero-order valence-electron chi connectivity index (χ0n) is 18.1. The van der Waals surface area contributed by atoms with Crippen LogP contribution in [-0.4, -0.2) is 74.3 Å². The van der Waals surface area contributed by atoms with Crippen LogP contribution in [0.2, 0.25) is 0 Å². The largest absolute Gasteiger partial charge is 0.504 e. The van der Waals surface area contributed by atoms with Crippen LogP contribution in [0.3, 0.4) is 0 Å². The molecule has 0 saturated heterocycles. The molecule has 0 aliphatic rings. The van der Waals surface area contributed by atoms with Crippen molar-refractivity contribution in [1.29, 1.82) is 0 Å². The number of rotatable bonds is 12. The summed E-state index contributed by atoms with van der Waals surface area (Å²) < 4.78 is 27.0. The van der Waals surface area contributed by atoms with E-state index in [4.69, 9.17) is 23.7 Å². The van der Waals surface area contributed by atoms with Gasteiger partial charge in [0.05, 0.1) is 40.6 Å². The van der Waals surface area contributed by atoms with Gasteiger partial charge in [0.15, 0.2) is 23.0 Å². The van der Waals surface area contributed by atoms with Gasteiger partial charge in [-0.25, -0.2) is 0 Å². The van der Waals surface area contributed by atoms with Gasteiger partial charge in [0.1, 0.15) is 12.2 Å². The summed E-state index contributed by atoms with van der Waals surface area (Å²) in [5, 5.41) is 39.7. The third-order valence-electron chi connectivity index (χ3n) is 4.88. The van der Waals surface area contributed by atoms with E-state index in [1.165, 1.54) is 34.5 Å². The van der Waals surface area contributed by atoms with Crippen LogP contribution in [0.5, 0.6) is 28.7 Å². The second-order valence-electron chi connectivity index (χ2n) is 6.80. The molecule has 2 rings (SSSR count). The number of aliphatic hydroxyl groups excluding tert-OH is 2. The summed E-state index contributed by atoms with van der Waals surface area (Å²) in [5.74, 6) is 0.583. The number of phenols is 2. The highest BCUT2D eigenvalue weighted by atomic mass is 16.6. The summed E-state index contributed by atoms with van der Waals surface area (Å²) >= 11 is 0. The zero-order valence-corrected chi connectivity index (χ0v) is 18.1. The summed E-state index contributed by atoms with van der Waals surface area (Å²) in [4.78, 5) is 0. The number of phenolic OH excluding ortho intramolecular Hbond substituents is 2. The quantitative estimate of drug-likeness (QED) is 0.392. The number of benzene rings is 2. The van der Waals surface area contributed by atoms with Gasteiger partial charge in [-0.15, -0.1) is 0 Å². The van der Waals surface area contributed by atoms with E-state index in [1.54, 1.807) is 24.3 Å². The van der Waals surface area contributed by atoms with Gasteiger partial charge in [-0.1, -0.05) is 6.07 Å². The maximum atomic E-state index is 10.1. The van der Waals surface area contributed by atoms with Gasteiger partial charge in [0.25, 0.3) is 0 Å². The van der Waals surface area contributed by atoms with Crippen LogP contribution in [0.1, 0.15) is 17.2 Å². The van der Waals surface area contributed by atoms with Crippen molar-refractivity contribution >= 4 is 0 Å². The van der Waals surface area contributed by atoms with Crippen molar-refractivity contribution in [1.82, 2.24) is 0 Å². The van der Waals surface area contributed by atoms with Crippen LogP contribution in [0.25, 0.3) is 0 Å². The number of methoxy groups -OCH3 is 4. The fourth-order valence-electron chi connectivity index (χ4n) is 3.32. The fourth-order valence-corrected chi connectivity index (χ4v) is 3.32. The molecule has 2 aromatic rings. The Labute approximate surface area is 181 Å². The summed E-state index contributed by atoms with van der Waals surface area (Å²) in [6, 6.07) is 7.95. The van der Waals surface area contributed by atoms with Gasteiger partial charge in [-0.05, 0) is 35.4 Å². The first-order valence-corrected chi connectivity index (χ1v) is 9.63. The van der Waals surface area contributed by atoms with Crippen LogP contribution in [0.15, 0.2) is 30.3 Å². The Balaban J connectivity index is 2.24. The van der Waals surface area contributed by atoms with E-state index in [2.05, 4.69) is 0 Å². The summed E-state index contributed by atoms with van der Waals surface area (Å²) in [5.41, 5.74) is 1.32. The van der Waals surface area contributed by atoms with Crippen LogP contribution >= 0.6 is 0 Å². The van der Waals surface area contributed by atoms with E-state index >= 15 is 0 Å². The molecular weight excluding hydrogens is 408 g/mol. The third kappa shape index (κ3) is 5.92. The lowest BCUT2D eigenvalue weighted by Crippen LogP contribution is -2.34. The predicted octanol–water partition coefficient (Wildman–Crippen LogP) is 1.79. The lowest BCUT2D eigenvalue weighted by atomic mass is 10.0. The molecule has 0 spiro atoms. The van der Waals surface area contributed by atoms with E-state index in [0.29, 0.717) is 11.1 Å². The van der Waals surface area contributed by atoms with Crippen LogP contribution in [0.4, 0.5) is 0 Å². The molecule has 0 unspecified atom stereocenters. The highest BCUT2D eigenvalue weighted by molar-refractivity contribution is 5.52. The molecule has 0 aliphatic carbocycles. The zero-order chi connectivity index (χ0) is 23.0. The molecule has 172 valence electrons. The van der Waals surface area contributed by atoms with Gasteiger partial charge < -0.3 is 44.1 Å². The Hall–Kier alpha value is -2.72. The van der Waals surface area contributed by atoms with Crippen molar-refractivity contribution in [2.45, 2.75) is 24.7 Å². The Kier molecular flexibility index (Phi) is 9.20. The molecule has 4 N–H and O–H groups in total. The van der Waals surface area contributed by atoms with Crippen molar-refractivity contribution in [2.24, 2.45) is 0 Å². The molecule has 0 saturated carbocycles. The normalized spacial score (nSPS) is 14.0. The number of aliphatic hydroxyl groups is 2. The van der Waals surface area contributed by atoms with E-state index < -0.39 is 18.3 Å². The van der Waals surface area contributed by atoms with Gasteiger partial charge in [-0.2, -0.15) is 0 Å². The number of hydrogen-bond acceptors (Lipinski definition) is 9. The van der Waals surface area contributed by atoms with Crippen LogP contribution in [0, 0.1) is 0 Å². The lowest BCUT2D eigenvalue weighted by molar-refractivity contribution is -0.121. The molecule has 9 heteroatoms. The van der Waals surface area contributed by atoms with Gasteiger partial charge >= 0.3 is 0 Å². The first-order valence-electron chi connectivity index (χ1n) is 9.63. The van der Waals surface area contributed by atoms with E-state index in [9.17, 15) is 20.4 Å². The minimum absolute atomic E-state index is 0.0222. The molecule has 0 bridgehead atoms. The Morgan fingerprint density at radius 2 is 1.42 bits per heavy atom. The molecular formula is C22H30O9. The maximum Gasteiger partial charge on any atom is 0.200 e. The van der Waals surface area contributed by atoms with Crippen molar-refractivity contribution in [2.75, 3.05) is 41.7 Å². The minimum atomic E-state index is -0.808. The summed E-state index contributed by atoms with van der Waals surface area (Å²) in [6.07, 6.45) is -1.92. The monoisotopic (exact) mass is 438 g/mol. The van der Waals surface area contributed by atoms with E-state index in [-0.39, 0.29) is 48.4 Å². The van der Waals surface area contributed by atoms with E-state index in [1.807, 2.05) is 0 Å². The molecule has 2 aromatic carbocycles.